The molecule has 0 radical (unpaired) electrons. The van der Waals surface area contributed by atoms with Crippen molar-refractivity contribution in [2.75, 3.05) is 50.5 Å². The van der Waals surface area contributed by atoms with Crippen molar-refractivity contribution in [1.29, 1.82) is 0 Å². The predicted octanol–water partition coefficient (Wildman–Crippen LogP) is 1.59. The number of nitrogens with one attached hydrogen (secondary N) is 2. The van der Waals surface area contributed by atoms with Gasteiger partial charge < -0.3 is 25.2 Å². The van der Waals surface area contributed by atoms with Gasteiger partial charge in [0.05, 0.1) is 12.8 Å². The van der Waals surface area contributed by atoms with Gasteiger partial charge in [-0.2, -0.15) is 0 Å². The molecule has 2 aliphatic heterocycles. The summed E-state index contributed by atoms with van der Waals surface area (Å²) in [7, 11) is 2.03. The minimum atomic E-state index is -0.284. The van der Waals surface area contributed by atoms with Crippen LogP contribution >= 0.6 is 0 Å². The zero-order chi connectivity index (χ0) is 21.4. The molecule has 0 atom stereocenters. The van der Waals surface area contributed by atoms with E-state index in [-0.39, 0.29) is 18.4 Å². The molecule has 1 saturated heterocycles. The number of aromatic nitrogens is 4. The highest BCUT2D eigenvalue weighted by molar-refractivity contribution is 5.93. The maximum absolute atomic E-state index is 14.4. The van der Waals surface area contributed by atoms with Gasteiger partial charge in [0.15, 0.2) is 5.65 Å². The monoisotopic (exact) mass is 426 g/mol. The number of rotatable bonds is 4. The Hall–Kier alpha value is -3.47. The third-order valence-electron chi connectivity index (χ3n) is 5.73. The van der Waals surface area contributed by atoms with E-state index in [1.807, 2.05) is 7.05 Å². The third kappa shape index (κ3) is 3.72. The quantitative estimate of drug-likeness (QED) is 0.654. The maximum Gasteiger partial charge on any atom is 0.322 e. The van der Waals surface area contributed by atoms with Crippen LogP contribution in [0.2, 0.25) is 0 Å². The van der Waals surface area contributed by atoms with E-state index in [9.17, 15) is 9.18 Å². The lowest BCUT2D eigenvalue weighted by Crippen LogP contribution is -2.48. The van der Waals surface area contributed by atoms with Gasteiger partial charge in [-0.25, -0.2) is 18.6 Å². The largest absolute Gasteiger partial charge is 0.493 e. The molecule has 1 fully saturated rings. The Morgan fingerprint density at radius 2 is 2.10 bits per heavy atom. The molecule has 2 aromatic heterocycles. The van der Waals surface area contributed by atoms with Gasteiger partial charge in [0.1, 0.15) is 23.6 Å². The van der Waals surface area contributed by atoms with Crippen LogP contribution < -0.4 is 15.4 Å². The summed E-state index contributed by atoms with van der Waals surface area (Å²) in [6.07, 6.45) is 3.72. The SMILES string of the molecule is CN1CCN(C(=O)Nc2cnc(NCc3c(F)ccc4c3CCO4)n3cnnc23)CC1. The Morgan fingerprint density at radius 3 is 2.94 bits per heavy atom. The number of anilines is 2. The van der Waals surface area contributed by atoms with Crippen molar-refractivity contribution in [2.45, 2.75) is 13.0 Å². The average molecular weight is 426 g/mol. The molecule has 162 valence electrons. The Kier molecular flexibility index (Phi) is 5.02. The molecule has 3 aromatic rings. The lowest BCUT2D eigenvalue weighted by molar-refractivity contribution is 0.164. The average Bonchev–Trinajstić information content (AvgIpc) is 3.44. The second-order valence-electron chi connectivity index (χ2n) is 7.70. The standard InChI is InChI=1S/C20H23FN8O2/c1-27-5-7-28(8-6-27)20(30)25-16-11-23-19(29-12-24-26-18(16)29)22-10-14-13-4-9-31-17(13)3-2-15(14)21/h2-3,11-12H,4-10H2,1H3,(H,22,23)(H,25,30). The number of hydrogen-bond donors (Lipinski definition) is 2. The Labute approximate surface area is 178 Å². The number of urea groups is 1. The molecule has 0 aliphatic carbocycles. The summed E-state index contributed by atoms with van der Waals surface area (Å²) >= 11 is 0. The van der Waals surface area contributed by atoms with Crippen LogP contribution in [0, 0.1) is 5.82 Å². The van der Waals surface area contributed by atoms with E-state index in [0.717, 1.165) is 24.4 Å². The van der Waals surface area contributed by atoms with Crippen molar-refractivity contribution in [3.8, 4) is 5.75 Å². The molecular weight excluding hydrogens is 403 g/mol. The summed E-state index contributed by atoms with van der Waals surface area (Å²) < 4.78 is 21.6. The van der Waals surface area contributed by atoms with E-state index in [1.54, 1.807) is 15.4 Å². The molecule has 4 heterocycles. The van der Waals surface area contributed by atoms with E-state index in [1.165, 1.54) is 18.6 Å². The van der Waals surface area contributed by atoms with E-state index in [0.29, 0.717) is 49.0 Å². The van der Waals surface area contributed by atoms with Gasteiger partial charge in [-0.1, -0.05) is 0 Å². The number of halogens is 1. The number of benzene rings is 1. The van der Waals surface area contributed by atoms with Gasteiger partial charge in [0.2, 0.25) is 5.95 Å². The van der Waals surface area contributed by atoms with Crippen molar-refractivity contribution in [1.82, 2.24) is 29.4 Å². The van der Waals surface area contributed by atoms with Crippen LogP contribution in [0.5, 0.6) is 5.75 Å². The number of ether oxygens (including phenoxy) is 1. The number of hydrogen-bond acceptors (Lipinski definition) is 7. The van der Waals surface area contributed by atoms with Crippen LogP contribution in [-0.4, -0.2) is 75.2 Å². The van der Waals surface area contributed by atoms with E-state index in [2.05, 4.69) is 30.7 Å². The van der Waals surface area contributed by atoms with Crippen LogP contribution in [0.3, 0.4) is 0 Å². The lowest BCUT2D eigenvalue weighted by atomic mass is 10.0. The number of carbonyl (C=O) groups is 1. The summed E-state index contributed by atoms with van der Waals surface area (Å²) in [5, 5.41) is 14.1. The minimum absolute atomic E-state index is 0.192. The molecule has 0 bridgehead atoms. The van der Waals surface area contributed by atoms with Crippen LogP contribution in [0.25, 0.3) is 5.65 Å². The molecule has 11 heteroatoms. The van der Waals surface area contributed by atoms with Crippen molar-refractivity contribution in [3.05, 3.63) is 41.6 Å². The first-order chi connectivity index (χ1) is 15.1. The smallest absolute Gasteiger partial charge is 0.322 e. The highest BCUT2D eigenvalue weighted by atomic mass is 19.1. The van der Waals surface area contributed by atoms with Gasteiger partial charge in [-0.15, -0.1) is 10.2 Å². The van der Waals surface area contributed by atoms with Crippen molar-refractivity contribution >= 4 is 23.3 Å². The van der Waals surface area contributed by atoms with Crippen LogP contribution in [0.1, 0.15) is 11.1 Å². The summed E-state index contributed by atoms with van der Waals surface area (Å²) in [6.45, 7) is 3.79. The Bertz CT molecular complexity index is 1130. The molecule has 2 aliphatic rings. The van der Waals surface area contributed by atoms with Gasteiger partial charge in [0, 0.05) is 50.3 Å². The van der Waals surface area contributed by atoms with E-state index < -0.39 is 0 Å². The van der Waals surface area contributed by atoms with E-state index >= 15 is 0 Å². The molecule has 5 rings (SSSR count). The minimum Gasteiger partial charge on any atom is -0.493 e. The first-order valence-corrected chi connectivity index (χ1v) is 10.2. The number of likely N-dealkylation sites (N-methyl/N-ethyl adjacent to an activating group) is 1. The number of nitrogens with zero attached hydrogens (tertiary/aromatic N) is 6. The molecule has 0 spiro atoms. The number of carbonyl (C=O) groups excluding carboxylic acids is 1. The fraction of sp³-hybridized carbons (Fsp3) is 0.400. The maximum atomic E-state index is 14.4. The van der Waals surface area contributed by atoms with Gasteiger partial charge in [0.25, 0.3) is 0 Å². The fourth-order valence-electron chi connectivity index (χ4n) is 3.92. The number of fused-ring (bicyclic) bond motifs is 2. The highest BCUT2D eigenvalue weighted by Crippen LogP contribution is 2.30. The topological polar surface area (TPSA) is 99.9 Å². The molecule has 31 heavy (non-hydrogen) atoms. The molecule has 2 N–H and O–H groups in total. The summed E-state index contributed by atoms with van der Waals surface area (Å²) in [6, 6.07) is 2.89. The lowest BCUT2D eigenvalue weighted by Gasteiger charge is -2.32. The van der Waals surface area contributed by atoms with Crippen molar-refractivity contribution < 1.29 is 13.9 Å². The second-order valence-corrected chi connectivity index (χ2v) is 7.70. The predicted molar refractivity (Wildman–Crippen MR) is 112 cm³/mol. The molecule has 1 aromatic carbocycles. The van der Waals surface area contributed by atoms with Crippen LogP contribution in [-0.2, 0) is 13.0 Å². The Balaban J connectivity index is 1.34. The first kappa shape index (κ1) is 19.5. The zero-order valence-electron chi connectivity index (χ0n) is 17.1. The normalized spacial score (nSPS) is 16.3. The van der Waals surface area contributed by atoms with Gasteiger partial charge in [-0.3, -0.25) is 0 Å². The van der Waals surface area contributed by atoms with Crippen molar-refractivity contribution in [2.24, 2.45) is 0 Å². The summed E-state index contributed by atoms with van der Waals surface area (Å²) in [5.41, 5.74) is 2.36. The number of amides is 2. The van der Waals surface area contributed by atoms with Crippen LogP contribution in [0.4, 0.5) is 20.8 Å². The molecular formula is C20H23FN8O2. The van der Waals surface area contributed by atoms with Gasteiger partial charge >= 0.3 is 6.03 Å². The molecule has 2 amide bonds. The summed E-state index contributed by atoms with van der Waals surface area (Å²) in [4.78, 5) is 21.0. The van der Waals surface area contributed by atoms with Gasteiger partial charge in [-0.05, 0) is 19.2 Å². The zero-order valence-corrected chi connectivity index (χ0v) is 17.1. The van der Waals surface area contributed by atoms with E-state index in [4.69, 9.17) is 4.74 Å². The molecule has 0 saturated carbocycles. The third-order valence-corrected chi connectivity index (χ3v) is 5.73. The summed E-state index contributed by atoms with van der Waals surface area (Å²) in [5.74, 6) is 0.892. The molecule has 0 unspecified atom stereocenters. The first-order valence-electron chi connectivity index (χ1n) is 10.2. The van der Waals surface area contributed by atoms with Crippen LogP contribution in [0.15, 0.2) is 24.7 Å². The second kappa shape index (κ2) is 7.99. The fourth-order valence-corrected chi connectivity index (χ4v) is 3.92. The number of piperazine rings is 1. The van der Waals surface area contributed by atoms with Crippen molar-refractivity contribution in [3.63, 3.8) is 0 Å². The molecule has 10 nitrogen and oxygen atoms in total. The highest BCUT2D eigenvalue weighted by Gasteiger charge is 2.22. The Morgan fingerprint density at radius 1 is 1.26 bits per heavy atom.